The van der Waals surface area contributed by atoms with E-state index in [0.717, 1.165) is 17.4 Å². The third-order valence-corrected chi connectivity index (χ3v) is 3.21. The van der Waals surface area contributed by atoms with Crippen molar-refractivity contribution in [2.45, 2.75) is 0 Å². The molecule has 0 aliphatic heterocycles. The molecule has 0 saturated heterocycles. The maximum absolute atomic E-state index is 13.5. The summed E-state index contributed by atoms with van der Waals surface area (Å²) in [4.78, 5) is 14.5. The summed E-state index contributed by atoms with van der Waals surface area (Å²) in [6.07, 6.45) is 0.544. The number of rotatable bonds is 3. The Kier molecular flexibility index (Phi) is 3.55. The van der Waals surface area contributed by atoms with Crippen LogP contribution in [-0.4, -0.2) is 11.3 Å². The first-order valence-electron chi connectivity index (χ1n) is 4.63. The predicted molar refractivity (Wildman–Crippen MR) is 63.7 cm³/mol. The van der Waals surface area contributed by atoms with Crippen molar-refractivity contribution in [3.8, 4) is 17.0 Å². The summed E-state index contributed by atoms with van der Waals surface area (Å²) < 4.78 is 18.7. The van der Waals surface area contributed by atoms with Gasteiger partial charge in [-0.25, -0.2) is 4.39 Å². The Morgan fingerprint density at radius 3 is 2.89 bits per heavy atom. The Morgan fingerprint density at radius 2 is 2.33 bits per heavy atom. The van der Waals surface area contributed by atoms with Gasteiger partial charge in [0.05, 0.1) is 11.6 Å². The Morgan fingerprint density at radius 1 is 1.56 bits per heavy atom. The normalized spacial score (nSPS) is 9.83. The van der Waals surface area contributed by atoms with Gasteiger partial charge in [-0.15, -0.1) is 0 Å². The second-order valence-electron chi connectivity index (χ2n) is 3.11. The minimum atomic E-state index is -0.687. The lowest BCUT2D eigenvalue weighted by molar-refractivity contribution is 0.112. The van der Waals surface area contributed by atoms with Crippen molar-refractivity contribution < 1.29 is 13.9 Å². The molecule has 0 unspecified atom stereocenters. The van der Waals surface area contributed by atoms with E-state index in [9.17, 15) is 9.18 Å². The molecule has 0 fully saturated rings. The number of carbonyl (C=O) groups is 1. The predicted octanol–water partition coefficient (Wildman–Crippen LogP) is 3.41. The first-order valence-corrected chi connectivity index (χ1v) is 5.82. The lowest BCUT2D eigenvalue weighted by Crippen LogP contribution is -1.88. The van der Waals surface area contributed by atoms with E-state index in [2.05, 4.69) is 4.98 Å². The molecule has 0 atom stereocenters. The molecule has 0 amide bonds. The lowest BCUT2D eigenvalue weighted by atomic mass is 10.2. The Bertz CT molecular complexity index is 651. The average Bonchev–Trinajstić information content (AvgIpc) is 2.72. The minimum Gasteiger partial charge on any atom is -0.428 e. The van der Waals surface area contributed by atoms with Gasteiger partial charge in [0.2, 0.25) is 0 Å². The van der Waals surface area contributed by atoms with Crippen molar-refractivity contribution in [2.75, 3.05) is 0 Å². The molecule has 4 nitrogen and oxygen atoms in total. The van der Waals surface area contributed by atoms with Crippen LogP contribution in [0.2, 0.25) is 5.15 Å². The van der Waals surface area contributed by atoms with Crippen LogP contribution in [0.5, 0.6) is 10.9 Å². The van der Waals surface area contributed by atoms with Gasteiger partial charge in [0.1, 0.15) is 4.88 Å². The van der Waals surface area contributed by atoms with Crippen molar-refractivity contribution in [1.82, 2.24) is 4.98 Å². The van der Waals surface area contributed by atoms with E-state index in [1.807, 2.05) is 0 Å². The van der Waals surface area contributed by atoms with Crippen LogP contribution in [0.25, 0.3) is 0 Å². The molecular formula is C11H4ClFN2O2S. The van der Waals surface area contributed by atoms with Crippen LogP contribution >= 0.6 is 22.9 Å². The van der Waals surface area contributed by atoms with Crippen LogP contribution in [0, 0.1) is 17.1 Å². The number of hydrogen-bond acceptors (Lipinski definition) is 5. The van der Waals surface area contributed by atoms with Crippen LogP contribution in [0.4, 0.5) is 4.39 Å². The van der Waals surface area contributed by atoms with E-state index < -0.39 is 5.82 Å². The topological polar surface area (TPSA) is 63.0 Å². The monoisotopic (exact) mass is 282 g/mol. The molecule has 90 valence electrons. The molecule has 0 spiro atoms. The molecule has 0 aliphatic rings. The van der Waals surface area contributed by atoms with E-state index >= 15 is 0 Å². The smallest absolute Gasteiger partial charge is 0.280 e. The molecule has 0 radical (unpaired) electrons. The van der Waals surface area contributed by atoms with E-state index in [-0.39, 0.29) is 26.5 Å². The summed E-state index contributed by atoms with van der Waals surface area (Å²) in [6, 6.07) is 5.57. The molecule has 18 heavy (non-hydrogen) atoms. The molecule has 0 N–H and O–H groups in total. The number of nitrogens with zero attached hydrogens (tertiary/aromatic N) is 2. The first kappa shape index (κ1) is 12.5. The second kappa shape index (κ2) is 5.12. The molecule has 7 heteroatoms. The molecule has 0 bridgehead atoms. The van der Waals surface area contributed by atoms with Crippen LogP contribution < -0.4 is 4.74 Å². The van der Waals surface area contributed by atoms with Gasteiger partial charge in [0, 0.05) is 0 Å². The number of aldehydes is 1. The lowest BCUT2D eigenvalue weighted by Gasteiger charge is -2.02. The van der Waals surface area contributed by atoms with E-state index in [1.165, 1.54) is 12.1 Å². The van der Waals surface area contributed by atoms with Gasteiger partial charge in [0.25, 0.3) is 5.19 Å². The number of benzene rings is 1. The molecule has 1 aromatic carbocycles. The standard InChI is InChI=1S/C11H4ClFN2O2S/c12-10-9(5-16)18-11(15-10)17-8-2-1-6(4-14)3-7(8)13/h1-3,5H. The number of ether oxygens (including phenoxy) is 1. The highest BCUT2D eigenvalue weighted by atomic mass is 35.5. The van der Waals surface area contributed by atoms with Gasteiger partial charge >= 0.3 is 0 Å². The van der Waals surface area contributed by atoms with E-state index in [4.69, 9.17) is 21.6 Å². The zero-order chi connectivity index (χ0) is 13.1. The molecule has 1 aromatic heterocycles. The maximum atomic E-state index is 13.5. The minimum absolute atomic E-state index is 0.0130. The zero-order valence-corrected chi connectivity index (χ0v) is 10.3. The number of thiazole rings is 1. The summed E-state index contributed by atoms with van der Waals surface area (Å²) in [5.74, 6) is -0.773. The Labute approximate surface area is 110 Å². The second-order valence-corrected chi connectivity index (χ2v) is 4.46. The van der Waals surface area contributed by atoms with Crippen LogP contribution in [0.15, 0.2) is 18.2 Å². The molecule has 2 aromatic rings. The highest BCUT2D eigenvalue weighted by molar-refractivity contribution is 7.15. The van der Waals surface area contributed by atoms with Gasteiger partial charge in [-0.2, -0.15) is 10.2 Å². The third-order valence-electron chi connectivity index (χ3n) is 1.96. The number of nitriles is 1. The van der Waals surface area contributed by atoms with E-state index in [1.54, 1.807) is 6.07 Å². The van der Waals surface area contributed by atoms with Gasteiger partial charge in [0.15, 0.2) is 23.0 Å². The van der Waals surface area contributed by atoms with Crippen LogP contribution in [0.3, 0.4) is 0 Å². The average molecular weight is 283 g/mol. The SMILES string of the molecule is N#Cc1ccc(Oc2nc(Cl)c(C=O)s2)c(F)c1. The molecule has 0 saturated carbocycles. The Balaban J connectivity index is 2.28. The molecular weight excluding hydrogens is 279 g/mol. The number of hydrogen-bond donors (Lipinski definition) is 0. The number of aromatic nitrogens is 1. The van der Waals surface area contributed by atoms with Crippen LogP contribution in [0.1, 0.15) is 15.2 Å². The zero-order valence-electron chi connectivity index (χ0n) is 8.68. The molecule has 0 aliphatic carbocycles. The fourth-order valence-corrected chi connectivity index (χ4v) is 2.08. The quantitative estimate of drug-likeness (QED) is 0.809. The van der Waals surface area contributed by atoms with Gasteiger partial charge < -0.3 is 4.74 Å². The summed E-state index contributed by atoms with van der Waals surface area (Å²) >= 11 is 6.56. The summed E-state index contributed by atoms with van der Waals surface area (Å²) in [6.45, 7) is 0. The highest BCUT2D eigenvalue weighted by Crippen LogP contribution is 2.32. The van der Waals surface area contributed by atoms with Crippen molar-refractivity contribution in [3.05, 3.63) is 39.6 Å². The first-order chi connectivity index (χ1) is 8.63. The highest BCUT2D eigenvalue weighted by Gasteiger charge is 2.12. The van der Waals surface area contributed by atoms with Crippen molar-refractivity contribution in [2.24, 2.45) is 0 Å². The molecule has 2 rings (SSSR count). The fraction of sp³-hybridized carbons (Fsp3) is 0. The maximum Gasteiger partial charge on any atom is 0.280 e. The number of halogens is 2. The fourth-order valence-electron chi connectivity index (χ4n) is 1.16. The summed E-state index contributed by atoms with van der Waals surface area (Å²) in [7, 11) is 0. The van der Waals surface area contributed by atoms with Crippen molar-refractivity contribution in [3.63, 3.8) is 0 Å². The van der Waals surface area contributed by atoms with Gasteiger partial charge in [-0.3, -0.25) is 4.79 Å². The third kappa shape index (κ3) is 2.47. The molecule has 1 heterocycles. The summed E-state index contributed by atoms with van der Waals surface area (Å²) in [5, 5.41) is 8.66. The van der Waals surface area contributed by atoms with Crippen LogP contribution in [-0.2, 0) is 0 Å². The largest absolute Gasteiger partial charge is 0.428 e. The summed E-state index contributed by atoms with van der Waals surface area (Å²) in [5.41, 5.74) is 0.186. The van der Waals surface area contributed by atoms with E-state index in [0.29, 0.717) is 6.29 Å². The Hall–Kier alpha value is -1.97. The van der Waals surface area contributed by atoms with Crippen molar-refractivity contribution >= 4 is 29.2 Å². The number of carbonyl (C=O) groups excluding carboxylic acids is 1. The van der Waals surface area contributed by atoms with Crippen molar-refractivity contribution in [1.29, 1.82) is 5.26 Å². The van der Waals surface area contributed by atoms with Gasteiger partial charge in [-0.1, -0.05) is 22.9 Å². The van der Waals surface area contributed by atoms with Gasteiger partial charge in [-0.05, 0) is 18.2 Å².